The van der Waals surface area contributed by atoms with Gasteiger partial charge in [0.1, 0.15) is 6.20 Å². The SMILES string of the molecule is Cc1c(-c2ccc(C(=O)O)cc2)cncc1[N+](=O)[O-]. The lowest BCUT2D eigenvalue weighted by Crippen LogP contribution is -1.97. The molecule has 0 radical (unpaired) electrons. The van der Waals surface area contributed by atoms with Crippen molar-refractivity contribution in [2.75, 3.05) is 0 Å². The van der Waals surface area contributed by atoms with Crippen molar-refractivity contribution in [1.82, 2.24) is 4.98 Å². The number of nitrogens with zero attached hydrogens (tertiary/aromatic N) is 2. The van der Waals surface area contributed by atoms with E-state index in [0.29, 0.717) is 16.7 Å². The van der Waals surface area contributed by atoms with Gasteiger partial charge in [-0.3, -0.25) is 15.1 Å². The maximum atomic E-state index is 10.8. The Balaban J connectivity index is 2.50. The van der Waals surface area contributed by atoms with Crippen molar-refractivity contribution in [3.8, 4) is 11.1 Å². The summed E-state index contributed by atoms with van der Waals surface area (Å²) in [6.45, 7) is 1.64. The van der Waals surface area contributed by atoms with E-state index < -0.39 is 10.9 Å². The van der Waals surface area contributed by atoms with Crippen LogP contribution >= 0.6 is 0 Å². The maximum Gasteiger partial charge on any atom is 0.335 e. The van der Waals surface area contributed by atoms with Crippen LogP contribution in [-0.4, -0.2) is 21.0 Å². The minimum Gasteiger partial charge on any atom is -0.478 e. The molecule has 1 aromatic heterocycles. The molecule has 0 atom stereocenters. The molecule has 2 aromatic rings. The van der Waals surface area contributed by atoms with Gasteiger partial charge in [-0.25, -0.2) is 4.79 Å². The van der Waals surface area contributed by atoms with E-state index in [1.807, 2.05) is 0 Å². The average Bonchev–Trinajstić information content (AvgIpc) is 2.38. The molecule has 0 aliphatic rings. The van der Waals surface area contributed by atoms with E-state index in [2.05, 4.69) is 4.98 Å². The van der Waals surface area contributed by atoms with Crippen molar-refractivity contribution >= 4 is 11.7 Å². The fourth-order valence-electron chi connectivity index (χ4n) is 1.78. The highest BCUT2D eigenvalue weighted by Gasteiger charge is 2.15. The van der Waals surface area contributed by atoms with E-state index in [4.69, 9.17) is 5.11 Å². The first-order valence-electron chi connectivity index (χ1n) is 5.43. The molecule has 0 saturated carbocycles. The molecule has 0 saturated heterocycles. The number of carboxylic acid groups (broad SMARTS) is 1. The summed E-state index contributed by atoms with van der Waals surface area (Å²) < 4.78 is 0. The predicted octanol–water partition coefficient (Wildman–Crippen LogP) is 2.66. The highest BCUT2D eigenvalue weighted by molar-refractivity contribution is 5.88. The number of pyridine rings is 1. The van der Waals surface area contributed by atoms with Gasteiger partial charge in [-0.05, 0) is 24.6 Å². The van der Waals surface area contributed by atoms with Crippen LogP contribution in [0.3, 0.4) is 0 Å². The molecule has 2 rings (SSSR count). The summed E-state index contributed by atoms with van der Waals surface area (Å²) in [6.07, 6.45) is 2.72. The molecule has 0 unspecified atom stereocenters. The molecule has 19 heavy (non-hydrogen) atoms. The van der Waals surface area contributed by atoms with Crippen molar-refractivity contribution in [3.63, 3.8) is 0 Å². The first kappa shape index (κ1) is 12.7. The number of aromatic carboxylic acids is 1. The molecular formula is C13H10N2O4. The summed E-state index contributed by atoms with van der Waals surface area (Å²) in [5.41, 5.74) is 1.92. The van der Waals surface area contributed by atoms with Crippen LogP contribution in [-0.2, 0) is 0 Å². The highest BCUT2D eigenvalue weighted by Crippen LogP contribution is 2.28. The Hall–Kier alpha value is -2.76. The number of carboxylic acids is 1. The molecule has 0 aliphatic heterocycles. The zero-order chi connectivity index (χ0) is 14.0. The molecular weight excluding hydrogens is 248 g/mol. The van der Waals surface area contributed by atoms with Crippen LogP contribution in [0.2, 0.25) is 0 Å². The summed E-state index contributed by atoms with van der Waals surface area (Å²) in [5, 5.41) is 19.7. The lowest BCUT2D eigenvalue weighted by Gasteiger charge is -2.06. The van der Waals surface area contributed by atoms with Gasteiger partial charge < -0.3 is 5.11 Å². The third kappa shape index (κ3) is 2.42. The minimum absolute atomic E-state index is 0.0557. The third-order valence-corrected chi connectivity index (χ3v) is 2.83. The van der Waals surface area contributed by atoms with E-state index in [9.17, 15) is 14.9 Å². The minimum atomic E-state index is -1.01. The number of benzene rings is 1. The molecule has 6 nitrogen and oxygen atoms in total. The number of hydrogen-bond acceptors (Lipinski definition) is 4. The van der Waals surface area contributed by atoms with Crippen LogP contribution in [0.4, 0.5) is 5.69 Å². The normalized spacial score (nSPS) is 10.2. The fraction of sp³-hybridized carbons (Fsp3) is 0.0769. The summed E-state index contributed by atoms with van der Waals surface area (Å²) in [6, 6.07) is 6.13. The summed E-state index contributed by atoms with van der Waals surface area (Å²) in [4.78, 5) is 24.9. The molecule has 0 amide bonds. The van der Waals surface area contributed by atoms with Gasteiger partial charge in [-0.1, -0.05) is 12.1 Å². The van der Waals surface area contributed by atoms with Crippen molar-refractivity contribution < 1.29 is 14.8 Å². The Bertz CT molecular complexity index is 650. The van der Waals surface area contributed by atoms with Gasteiger partial charge in [0.05, 0.1) is 10.5 Å². The second-order valence-corrected chi connectivity index (χ2v) is 3.97. The van der Waals surface area contributed by atoms with Gasteiger partial charge >= 0.3 is 5.97 Å². The van der Waals surface area contributed by atoms with E-state index in [1.54, 1.807) is 19.1 Å². The highest BCUT2D eigenvalue weighted by atomic mass is 16.6. The van der Waals surface area contributed by atoms with Gasteiger partial charge in [-0.2, -0.15) is 0 Å². The second-order valence-electron chi connectivity index (χ2n) is 3.97. The number of carbonyl (C=O) groups is 1. The van der Waals surface area contributed by atoms with Gasteiger partial charge in [0.2, 0.25) is 0 Å². The van der Waals surface area contributed by atoms with Crippen LogP contribution in [0.5, 0.6) is 0 Å². The number of nitro groups is 1. The van der Waals surface area contributed by atoms with Crippen LogP contribution in [0, 0.1) is 17.0 Å². The number of hydrogen-bond donors (Lipinski definition) is 1. The first-order chi connectivity index (χ1) is 9.00. The third-order valence-electron chi connectivity index (χ3n) is 2.83. The van der Waals surface area contributed by atoms with Crippen LogP contribution in [0.25, 0.3) is 11.1 Å². The van der Waals surface area contributed by atoms with Gasteiger partial charge in [-0.15, -0.1) is 0 Å². The van der Waals surface area contributed by atoms with E-state index >= 15 is 0 Å². The lowest BCUT2D eigenvalue weighted by molar-refractivity contribution is -0.385. The van der Waals surface area contributed by atoms with E-state index in [1.165, 1.54) is 24.5 Å². The summed E-state index contributed by atoms with van der Waals surface area (Å²) in [7, 11) is 0. The first-order valence-corrected chi connectivity index (χ1v) is 5.43. The zero-order valence-corrected chi connectivity index (χ0v) is 10.0. The molecule has 1 aromatic carbocycles. The van der Waals surface area contributed by atoms with Crippen molar-refractivity contribution in [3.05, 3.63) is 57.9 Å². The quantitative estimate of drug-likeness (QED) is 0.674. The molecule has 1 N–H and O–H groups in total. The predicted molar refractivity (Wildman–Crippen MR) is 68.0 cm³/mol. The summed E-state index contributed by atoms with van der Waals surface area (Å²) in [5.74, 6) is -1.01. The molecule has 0 aliphatic carbocycles. The number of rotatable bonds is 3. The van der Waals surface area contributed by atoms with Gasteiger partial charge in [0, 0.05) is 17.3 Å². The Kier molecular flexibility index (Phi) is 3.24. The number of aromatic nitrogens is 1. The Morgan fingerprint density at radius 2 is 1.89 bits per heavy atom. The van der Waals surface area contributed by atoms with E-state index in [-0.39, 0.29) is 11.3 Å². The van der Waals surface area contributed by atoms with Crippen molar-refractivity contribution in [2.24, 2.45) is 0 Å². The monoisotopic (exact) mass is 258 g/mol. The lowest BCUT2D eigenvalue weighted by atomic mass is 10.0. The largest absolute Gasteiger partial charge is 0.478 e. The Morgan fingerprint density at radius 3 is 2.42 bits per heavy atom. The Morgan fingerprint density at radius 1 is 1.26 bits per heavy atom. The smallest absolute Gasteiger partial charge is 0.335 e. The second kappa shape index (κ2) is 4.85. The average molecular weight is 258 g/mol. The van der Waals surface area contributed by atoms with Crippen molar-refractivity contribution in [2.45, 2.75) is 6.92 Å². The summed E-state index contributed by atoms with van der Waals surface area (Å²) >= 11 is 0. The molecule has 6 heteroatoms. The fourth-order valence-corrected chi connectivity index (χ4v) is 1.78. The van der Waals surface area contributed by atoms with Gasteiger partial charge in [0.25, 0.3) is 5.69 Å². The maximum absolute atomic E-state index is 10.8. The van der Waals surface area contributed by atoms with Gasteiger partial charge in [0.15, 0.2) is 0 Å². The molecule has 0 bridgehead atoms. The molecule has 0 spiro atoms. The zero-order valence-electron chi connectivity index (χ0n) is 10.0. The molecule has 96 valence electrons. The molecule has 1 heterocycles. The van der Waals surface area contributed by atoms with Crippen LogP contribution < -0.4 is 0 Å². The van der Waals surface area contributed by atoms with Crippen LogP contribution in [0.15, 0.2) is 36.7 Å². The standard InChI is InChI=1S/C13H10N2O4/c1-8-11(6-14-7-12(8)15(18)19)9-2-4-10(5-3-9)13(16)17/h2-7H,1H3,(H,16,17). The van der Waals surface area contributed by atoms with Crippen molar-refractivity contribution in [1.29, 1.82) is 0 Å². The van der Waals surface area contributed by atoms with E-state index in [0.717, 1.165) is 0 Å². The topological polar surface area (TPSA) is 93.3 Å². The van der Waals surface area contributed by atoms with Crippen LogP contribution in [0.1, 0.15) is 15.9 Å². The molecule has 0 fully saturated rings. The Labute approximate surface area is 108 Å².